The summed E-state index contributed by atoms with van der Waals surface area (Å²) in [5.41, 5.74) is 0.642. The van der Waals surface area contributed by atoms with Gasteiger partial charge in [-0.2, -0.15) is 4.31 Å². The van der Waals surface area contributed by atoms with Crippen molar-refractivity contribution in [1.29, 1.82) is 0 Å². The summed E-state index contributed by atoms with van der Waals surface area (Å²) >= 11 is 6.88. The van der Waals surface area contributed by atoms with Gasteiger partial charge in [-0.3, -0.25) is 4.79 Å². The number of aromatic nitrogens is 2. The van der Waals surface area contributed by atoms with E-state index >= 15 is 0 Å². The van der Waals surface area contributed by atoms with Gasteiger partial charge >= 0.3 is 5.97 Å². The van der Waals surface area contributed by atoms with E-state index in [-0.39, 0.29) is 23.7 Å². The molecule has 0 saturated carbocycles. The molecule has 0 aliphatic rings. The molecule has 2 rings (SSSR count). The smallest absolute Gasteiger partial charge is 0.313 e. The predicted octanol–water partition coefficient (Wildman–Crippen LogP) is 2.83. The first-order valence-corrected chi connectivity index (χ1v) is 10.5. The molecule has 0 fully saturated rings. The summed E-state index contributed by atoms with van der Waals surface area (Å²) in [5.74, 6) is -0.762. The Labute approximate surface area is 161 Å². The van der Waals surface area contributed by atoms with Crippen LogP contribution >= 0.6 is 23.4 Å². The minimum absolute atomic E-state index is 0.0101. The second-order valence-electron chi connectivity index (χ2n) is 5.33. The lowest BCUT2D eigenvalue weighted by Gasteiger charge is -2.20. The molecule has 1 N–H and O–H groups in total. The third kappa shape index (κ3) is 5.41. The third-order valence-corrected chi connectivity index (χ3v) is 6.43. The van der Waals surface area contributed by atoms with Gasteiger partial charge in [-0.25, -0.2) is 18.4 Å². The van der Waals surface area contributed by atoms with E-state index in [1.165, 1.54) is 28.6 Å². The first kappa shape index (κ1) is 20.6. The normalized spacial score (nSPS) is 11.7. The molecule has 0 bridgehead atoms. The van der Waals surface area contributed by atoms with E-state index in [9.17, 15) is 13.2 Å². The maximum Gasteiger partial charge on any atom is 0.313 e. The molecule has 1 aromatic carbocycles. The second kappa shape index (κ2) is 8.81. The molecule has 7 nitrogen and oxygen atoms in total. The first-order valence-electron chi connectivity index (χ1n) is 7.67. The fourth-order valence-electron chi connectivity index (χ4n) is 2.16. The lowest BCUT2D eigenvalue weighted by Crippen LogP contribution is -2.31. The number of nitrogens with zero attached hydrogens (tertiary/aromatic N) is 3. The second-order valence-corrected chi connectivity index (χ2v) is 8.70. The highest BCUT2D eigenvalue weighted by molar-refractivity contribution is 7.99. The van der Waals surface area contributed by atoms with Gasteiger partial charge < -0.3 is 5.11 Å². The van der Waals surface area contributed by atoms with E-state index in [4.69, 9.17) is 16.7 Å². The van der Waals surface area contributed by atoms with E-state index in [2.05, 4.69) is 9.97 Å². The maximum absolute atomic E-state index is 12.8. The Balaban J connectivity index is 2.26. The van der Waals surface area contributed by atoms with Crippen molar-refractivity contribution in [2.24, 2.45) is 0 Å². The van der Waals surface area contributed by atoms with Crippen LogP contribution in [0.25, 0.3) is 0 Å². The quantitative estimate of drug-likeness (QED) is 0.522. The Morgan fingerprint density at radius 2 is 1.92 bits per heavy atom. The Bertz CT molecular complexity index is 889. The van der Waals surface area contributed by atoms with Gasteiger partial charge in [-0.05, 0) is 37.3 Å². The van der Waals surface area contributed by atoms with Crippen LogP contribution in [-0.2, 0) is 21.4 Å². The Morgan fingerprint density at radius 1 is 1.27 bits per heavy atom. The van der Waals surface area contributed by atoms with Crippen molar-refractivity contribution in [1.82, 2.24) is 14.3 Å². The monoisotopic (exact) mass is 415 g/mol. The van der Waals surface area contributed by atoms with Crippen LogP contribution in [0.5, 0.6) is 0 Å². The number of carboxylic acids is 1. The zero-order valence-corrected chi connectivity index (χ0v) is 16.6. The van der Waals surface area contributed by atoms with Crippen LogP contribution < -0.4 is 0 Å². The molecule has 10 heteroatoms. The van der Waals surface area contributed by atoms with Crippen molar-refractivity contribution in [3.8, 4) is 0 Å². The van der Waals surface area contributed by atoms with Gasteiger partial charge in [0.1, 0.15) is 10.9 Å². The van der Waals surface area contributed by atoms with Crippen molar-refractivity contribution in [2.45, 2.75) is 30.3 Å². The zero-order valence-electron chi connectivity index (χ0n) is 14.2. The number of thioether (sulfide) groups is 1. The van der Waals surface area contributed by atoms with E-state index in [1.807, 2.05) is 0 Å². The minimum atomic E-state index is -3.72. The fourth-order valence-corrected chi connectivity index (χ4v) is 4.38. The molecule has 0 atom stereocenters. The van der Waals surface area contributed by atoms with E-state index < -0.39 is 16.0 Å². The van der Waals surface area contributed by atoms with Crippen molar-refractivity contribution in [2.75, 3.05) is 12.3 Å². The molecule has 0 unspecified atom stereocenters. The first-order chi connectivity index (χ1) is 12.2. The molecule has 0 aliphatic carbocycles. The number of aliphatic carboxylic acids is 1. The molecule has 1 heterocycles. The molecule has 0 aliphatic heterocycles. The van der Waals surface area contributed by atoms with Gasteiger partial charge in [-0.1, -0.05) is 30.3 Å². The summed E-state index contributed by atoms with van der Waals surface area (Å²) in [6.45, 7) is 3.70. The zero-order chi connectivity index (χ0) is 19.3. The van der Waals surface area contributed by atoms with Gasteiger partial charge in [0.05, 0.1) is 17.2 Å². The van der Waals surface area contributed by atoms with Gasteiger partial charge in [0.2, 0.25) is 10.0 Å². The SMILES string of the molecule is CCN(Cc1nc(C)cc(SCC(=O)O)n1)S(=O)(=O)c1ccc(Cl)cc1. The van der Waals surface area contributed by atoms with Crippen LogP contribution in [0.15, 0.2) is 40.3 Å². The molecular weight excluding hydrogens is 398 g/mol. The average molecular weight is 416 g/mol. The molecule has 1 aromatic heterocycles. The Hall–Kier alpha value is -1.68. The number of rotatable bonds is 8. The predicted molar refractivity (Wildman–Crippen MR) is 99.9 cm³/mol. The molecule has 0 amide bonds. The van der Waals surface area contributed by atoms with Crippen LogP contribution in [0.1, 0.15) is 18.4 Å². The summed E-state index contributed by atoms with van der Waals surface area (Å²) in [7, 11) is -3.72. The maximum atomic E-state index is 12.8. The summed E-state index contributed by atoms with van der Waals surface area (Å²) in [6, 6.07) is 7.61. The van der Waals surface area contributed by atoms with Crippen LogP contribution in [0, 0.1) is 6.92 Å². The molecule has 0 radical (unpaired) electrons. The van der Waals surface area contributed by atoms with Crippen LogP contribution in [-0.4, -0.2) is 46.1 Å². The Kier molecular flexibility index (Phi) is 6.99. The highest BCUT2D eigenvalue weighted by atomic mass is 35.5. The number of hydrogen-bond acceptors (Lipinski definition) is 6. The number of carbonyl (C=O) groups is 1. The topological polar surface area (TPSA) is 100 Å². The highest BCUT2D eigenvalue weighted by Crippen LogP contribution is 2.21. The summed E-state index contributed by atoms with van der Waals surface area (Å²) < 4.78 is 26.9. The van der Waals surface area contributed by atoms with Gasteiger partial charge in [0.15, 0.2) is 0 Å². The van der Waals surface area contributed by atoms with E-state index in [0.29, 0.717) is 21.6 Å². The fraction of sp³-hybridized carbons (Fsp3) is 0.312. The van der Waals surface area contributed by atoms with E-state index in [1.54, 1.807) is 19.9 Å². The van der Waals surface area contributed by atoms with Crippen LogP contribution in [0.4, 0.5) is 0 Å². The lowest BCUT2D eigenvalue weighted by atomic mass is 10.4. The number of carboxylic acid groups (broad SMARTS) is 1. The number of halogens is 1. The standard InChI is InChI=1S/C16H18ClN3O4S2/c1-3-20(26(23,24)13-6-4-12(17)5-7-13)9-14-18-11(2)8-15(19-14)25-10-16(21)22/h4-8H,3,9-10H2,1-2H3,(H,21,22). The molecule has 0 spiro atoms. The van der Waals surface area contributed by atoms with Crippen molar-refractivity contribution >= 4 is 39.4 Å². The summed E-state index contributed by atoms with van der Waals surface area (Å²) in [4.78, 5) is 19.4. The van der Waals surface area contributed by atoms with Gasteiger partial charge in [0, 0.05) is 17.3 Å². The molecule has 140 valence electrons. The summed E-state index contributed by atoms with van der Waals surface area (Å²) in [5, 5.41) is 9.74. The van der Waals surface area contributed by atoms with Crippen molar-refractivity contribution < 1.29 is 18.3 Å². The largest absolute Gasteiger partial charge is 0.481 e. The molecule has 2 aromatic rings. The molecule has 26 heavy (non-hydrogen) atoms. The number of hydrogen-bond donors (Lipinski definition) is 1. The lowest BCUT2D eigenvalue weighted by molar-refractivity contribution is -0.133. The third-order valence-electron chi connectivity index (χ3n) is 3.34. The number of sulfonamides is 1. The summed E-state index contributed by atoms with van der Waals surface area (Å²) in [6.07, 6.45) is 0. The number of aryl methyl sites for hydroxylation is 1. The van der Waals surface area contributed by atoms with Crippen molar-refractivity contribution in [3.05, 3.63) is 46.9 Å². The van der Waals surface area contributed by atoms with Crippen LogP contribution in [0.2, 0.25) is 5.02 Å². The van der Waals surface area contributed by atoms with Gasteiger partial charge in [0.25, 0.3) is 0 Å². The molecular formula is C16H18ClN3O4S2. The Morgan fingerprint density at radius 3 is 2.50 bits per heavy atom. The highest BCUT2D eigenvalue weighted by Gasteiger charge is 2.24. The number of benzene rings is 1. The average Bonchev–Trinajstić information content (AvgIpc) is 2.57. The minimum Gasteiger partial charge on any atom is -0.481 e. The molecule has 0 saturated heterocycles. The van der Waals surface area contributed by atoms with Crippen LogP contribution in [0.3, 0.4) is 0 Å². The van der Waals surface area contributed by atoms with Crippen molar-refractivity contribution in [3.63, 3.8) is 0 Å². The van der Waals surface area contributed by atoms with Gasteiger partial charge in [-0.15, -0.1) is 0 Å². The van der Waals surface area contributed by atoms with E-state index in [0.717, 1.165) is 11.8 Å².